The molecule has 5 rings (SSSR count). The summed E-state index contributed by atoms with van der Waals surface area (Å²) >= 11 is 0. The van der Waals surface area contributed by atoms with Gasteiger partial charge in [0.15, 0.2) is 11.6 Å². The van der Waals surface area contributed by atoms with E-state index in [1.165, 1.54) is 41.0 Å². The highest BCUT2D eigenvalue weighted by Crippen LogP contribution is 2.32. The van der Waals surface area contributed by atoms with Crippen molar-refractivity contribution in [1.29, 1.82) is 0 Å². The van der Waals surface area contributed by atoms with Crippen molar-refractivity contribution in [3.8, 4) is 22.5 Å². The maximum atomic E-state index is 14.0. The first-order valence-corrected chi connectivity index (χ1v) is 11.5. The van der Waals surface area contributed by atoms with Gasteiger partial charge in [0.1, 0.15) is 23.1 Å². The van der Waals surface area contributed by atoms with E-state index in [2.05, 4.69) is 9.97 Å². The van der Waals surface area contributed by atoms with Crippen LogP contribution in [0.4, 0.5) is 19.0 Å². The standard InChI is InChI=1S/C27H21F3N4O3/c28-17-7-4-15(5-8-17)24-25(16-6-11-23(36)34(12-16)18-13-37-14-18)32-26(27(31)33-24)22(35)10-9-19-20(29)2-1-3-21(19)30/h1-8,11-12,18H,9-10,13-14H2,(H2,31,33). The normalized spacial score (nSPS) is 13.4. The van der Waals surface area contributed by atoms with Crippen LogP contribution in [0, 0.1) is 17.5 Å². The zero-order valence-corrected chi connectivity index (χ0v) is 19.5. The Hall–Kier alpha value is -4.31. The fraction of sp³-hybridized carbons (Fsp3) is 0.185. The van der Waals surface area contributed by atoms with E-state index >= 15 is 0 Å². The van der Waals surface area contributed by atoms with Crippen molar-refractivity contribution in [3.63, 3.8) is 0 Å². The zero-order valence-electron chi connectivity index (χ0n) is 19.5. The van der Waals surface area contributed by atoms with Crippen LogP contribution < -0.4 is 11.3 Å². The molecule has 4 aromatic rings. The van der Waals surface area contributed by atoms with E-state index in [1.54, 1.807) is 12.3 Å². The van der Waals surface area contributed by atoms with E-state index in [0.29, 0.717) is 24.3 Å². The number of ketones is 1. The molecule has 2 aromatic heterocycles. The Morgan fingerprint density at radius 2 is 1.59 bits per heavy atom. The van der Waals surface area contributed by atoms with Crippen molar-refractivity contribution >= 4 is 11.6 Å². The van der Waals surface area contributed by atoms with Crippen LogP contribution in [-0.2, 0) is 11.2 Å². The number of carbonyl (C=O) groups is 1. The molecule has 0 atom stereocenters. The number of nitrogens with zero attached hydrogens (tertiary/aromatic N) is 3. The van der Waals surface area contributed by atoms with Crippen LogP contribution in [0.15, 0.2) is 65.6 Å². The van der Waals surface area contributed by atoms with E-state index < -0.39 is 23.2 Å². The first-order valence-electron chi connectivity index (χ1n) is 11.5. The molecule has 0 unspecified atom stereocenters. The average molecular weight is 506 g/mol. The minimum Gasteiger partial charge on any atom is -0.382 e. The fourth-order valence-corrected chi connectivity index (χ4v) is 4.10. The third-order valence-electron chi connectivity index (χ3n) is 6.19. The number of pyridine rings is 1. The molecule has 188 valence electrons. The Kier molecular flexibility index (Phi) is 6.58. The SMILES string of the molecule is Nc1nc(-c2ccc(F)cc2)c(-c2ccc(=O)n(C3COC3)c2)nc1C(=O)CCc1c(F)cccc1F. The number of halogens is 3. The van der Waals surface area contributed by atoms with Crippen molar-refractivity contribution in [2.75, 3.05) is 18.9 Å². The Morgan fingerprint density at radius 1 is 0.946 bits per heavy atom. The lowest BCUT2D eigenvalue weighted by molar-refractivity contribution is -0.0247. The fourth-order valence-electron chi connectivity index (χ4n) is 4.10. The molecule has 0 aliphatic carbocycles. The van der Waals surface area contributed by atoms with Gasteiger partial charge in [0.2, 0.25) is 0 Å². The van der Waals surface area contributed by atoms with Gasteiger partial charge in [0.05, 0.1) is 30.6 Å². The summed E-state index contributed by atoms with van der Waals surface area (Å²) < 4.78 is 48.4. The van der Waals surface area contributed by atoms with E-state index in [9.17, 15) is 22.8 Å². The molecule has 10 heteroatoms. The number of carbonyl (C=O) groups excluding carboxylic acids is 1. The first kappa shape index (κ1) is 24.4. The molecule has 1 aliphatic rings. The second-order valence-electron chi connectivity index (χ2n) is 8.64. The van der Waals surface area contributed by atoms with Crippen molar-refractivity contribution in [2.45, 2.75) is 18.9 Å². The van der Waals surface area contributed by atoms with Crippen LogP contribution in [0.5, 0.6) is 0 Å². The number of benzene rings is 2. The van der Waals surface area contributed by atoms with Gasteiger partial charge in [-0.25, -0.2) is 23.1 Å². The summed E-state index contributed by atoms with van der Waals surface area (Å²) in [7, 11) is 0. The highest BCUT2D eigenvalue weighted by atomic mass is 19.1. The van der Waals surface area contributed by atoms with Crippen LogP contribution in [0.1, 0.15) is 28.5 Å². The Morgan fingerprint density at radius 3 is 2.24 bits per heavy atom. The van der Waals surface area contributed by atoms with Gasteiger partial charge in [0, 0.05) is 35.4 Å². The monoisotopic (exact) mass is 506 g/mol. The molecule has 2 aromatic carbocycles. The number of ether oxygens (including phenoxy) is 1. The Bertz CT molecular complexity index is 1530. The molecule has 37 heavy (non-hydrogen) atoms. The van der Waals surface area contributed by atoms with Gasteiger partial charge in [-0.2, -0.15) is 0 Å². The summed E-state index contributed by atoms with van der Waals surface area (Å²) in [6.45, 7) is 0.774. The number of aromatic nitrogens is 3. The van der Waals surface area contributed by atoms with Gasteiger partial charge >= 0.3 is 0 Å². The summed E-state index contributed by atoms with van der Waals surface area (Å²) in [5, 5.41) is 0. The summed E-state index contributed by atoms with van der Waals surface area (Å²) in [5.41, 5.74) is 7.01. The molecule has 0 saturated carbocycles. The summed E-state index contributed by atoms with van der Waals surface area (Å²) in [6, 6.07) is 11.8. The molecule has 7 nitrogen and oxygen atoms in total. The highest BCUT2D eigenvalue weighted by Gasteiger charge is 2.24. The van der Waals surface area contributed by atoms with Crippen LogP contribution in [0.25, 0.3) is 22.5 Å². The largest absolute Gasteiger partial charge is 0.382 e. The lowest BCUT2D eigenvalue weighted by Gasteiger charge is -2.28. The maximum absolute atomic E-state index is 14.0. The van der Waals surface area contributed by atoms with Crippen molar-refractivity contribution < 1.29 is 22.7 Å². The molecule has 1 saturated heterocycles. The summed E-state index contributed by atoms with van der Waals surface area (Å²) in [4.78, 5) is 34.4. The number of hydrogen-bond donors (Lipinski definition) is 1. The van der Waals surface area contributed by atoms with Gasteiger partial charge in [0.25, 0.3) is 5.56 Å². The van der Waals surface area contributed by atoms with Crippen LogP contribution in [0.2, 0.25) is 0 Å². The molecule has 1 aliphatic heterocycles. The Balaban J connectivity index is 1.57. The molecule has 2 N–H and O–H groups in total. The number of rotatable bonds is 7. The number of nitrogen functional groups attached to an aromatic ring is 1. The Labute approximate surface area is 209 Å². The average Bonchev–Trinajstić information content (AvgIpc) is 2.84. The van der Waals surface area contributed by atoms with E-state index in [1.807, 2.05) is 0 Å². The maximum Gasteiger partial charge on any atom is 0.250 e. The molecule has 3 heterocycles. The molecule has 0 amide bonds. The van der Waals surface area contributed by atoms with E-state index in [-0.39, 0.29) is 52.9 Å². The quantitative estimate of drug-likeness (QED) is 0.374. The van der Waals surface area contributed by atoms with Gasteiger partial charge < -0.3 is 15.0 Å². The zero-order chi connectivity index (χ0) is 26.1. The van der Waals surface area contributed by atoms with E-state index in [0.717, 1.165) is 12.1 Å². The summed E-state index contributed by atoms with van der Waals surface area (Å²) in [6.07, 6.45) is 1.15. The number of hydrogen-bond acceptors (Lipinski definition) is 6. The second-order valence-corrected chi connectivity index (χ2v) is 8.64. The van der Waals surface area contributed by atoms with Gasteiger partial charge in [-0.3, -0.25) is 9.59 Å². The van der Waals surface area contributed by atoms with Crippen LogP contribution in [-0.4, -0.2) is 33.5 Å². The molecule has 0 spiro atoms. The van der Waals surface area contributed by atoms with Gasteiger partial charge in [-0.1, -0.05) is 6.07 Å². The van der Waals surface area contributed by atoms with Crippen LogP contribution in [0.3, 0.4) is 0 Å². The lowest BCUT2D eigenvalue weighted by Crippen LogP contribution is -2.36. The molecular formula is C27H21F3N4O3. The minimum atomic E-state index is -0.749. The highest BCUT2D eigenvalue weighted by molar-refractivity contribution is 5.99. The summed E-state index contributed by atoms with van der Waals surface area (Å²) in [5.74, 6) is -2.68. The van der Waals surface area contributed by atoms with E-state index in [4.69, 9.17) is 10.5 Å². The number of Topliss-reactive ketones (excluding diaryl/α,β-unsaturated/α-hetero) is 1. The molecule has 0 bridgehead atoms. The van der Waals surface area contributed by atoms with Crippen molar-refractivity contribution in [3.05, 3.63) is 99.9 Å². The van der Waals surface area contributed by atoms with Crippen LogP contribution >= 0.6 is 0 Å². The number of nitrogens with two attached hydrogens (primary N) is 1. The minimum absolute atomic E-state index is 0.139. The second kappa shape index (κ2) is 9.98. The smallest absolute Gasteiger partial charge is 0.250 e. The van der Waals surface area contributed by atoms with Crippen molar-refractivity contribution in [1.82, 2.24) is 14.5 Å². The van der Waals surface area contributed by atoms with Gasteiger partial charge in [-0.05, 0) is 48.9 Å². The topological polar surface area (TPSA) is 100 Å². The third kappa shape index (κ3) is 4.88. The molecule has 1 fully saturated rings. The van der Waals surface area contributed by atoms with Crippen molar-refractivity contribution in [2.24, 2.45) is 0 Å². The predicted octanol–water partition coefficient (Wildman–Crippen LogP) is 4.36. The van der Waals surface area contributed by atoms with Gasteiger partial charge in [-0.15, -0.1) is 0 Å². The first-order chi connectivity index (χ1) is 17.8. The number of anilines is 1. The third-order valence-corrected chi connectivity index (χ3v) is 6.19. The predicted molar refractivity (Wildman–Crippen MR) is 130 cm³/mol. The molecule has 0 radical (unpaired) electrons. The lowest BCUT2D eigenvalue weighted by atomic mass is 10.0. The molecular weight excluding hydrogens is 485 g/mol.